The second kappa shape index (κ2) is 11.8. The number of nitrogen functional groups attached to an aromatic ring is 1. The van der Waals surface area contributed by atoms with Crippen LogP contribution in [0.25, 0.3) is 0 Å². The molecule has 0 unspecified atom stereocenters. The largest absolute Gasteiger partial charge is 0.398 e. The van der Waals surface area contributed by atoms with E-state index < -0.39 is 51.1 Å². The van der Waals surface area contributed by atoms with Gasteiger partial charge < -0.3 is 21.3 Å². The van der Waals surface area contributed by atoms with Gasteiger partial charge in [-0.3, -0.25) is 14.4 Å². The van der Waals surface area contributed by atoms with Crippen molar-refractivity contribution in [3.63, 3.8) is 0 Å². The van der Waals surface area contributed by atoms with Crippen molar-refractivity contribution in [2.45, 2.75) is 58.2 Å². The number of likely N-dealkylation sites (tertiary alicyclic amines) is 1. The van der Waals surface area contributed by atoms with Gasteiger partial charge in [-0.25, -0.2) is 8.42 Å². The number of nitrogens with zero attached hydrogens (tertiary/aromatic N) is 2. The van der Waals surface area contributed by atoms with Crippen LogP contribution in [0.2, 0.25) is 5.02 Å². The van der Waals surface area contributed by atoms with Crippen LogP contribution in [-0.4, -0.2) is 62.0 Å². The number of benzene rings is 1. The first-order valence-electron chi connectivity index (χ1n) is 11.4. The SMILES string of the molecule is CC(C)(C)[C@@H](NC(=O)c1ccc(N)c(Cl)c1)C(=O)N1CCC[C@@H]1C(=O)N[C@H](C=CS(C)(=O)=O)CC#N. The average molecular weight is 538 g/mol. The molecule has 0 spiro atoms. The molecule has 1 aliphatic rings. The highest BCUT2D eigenvalue weighted by atomic mass is 35.5. The number of hydrogen-bond acceptors (Lipinski definition) is 7. The van der Waals surface area contributed by atoms with Crippen molar-refractivity contribution in [1.29, 1.82) is 5.26 Å². The fourth-order valence-electron chi connectivity index (χ4n) is 3.78. The lowest BCUT2D eigenvalue weighted by Crippen LogP contribution is -2.58. The molecule has 1 aromatic rings. The van der Waals surface area contributed by atoms with E-state index in [1.54, 1.807) is 20.8 Å². The molecule has 196 valence electrons. The Labute approximate surface area is 216 Å². The fraction of sp³-hybridized carbons (Fsp3) is 0.500. The Kier molecular flexibility index (Phi) is 9.51. The molecule has 2 rings (SSSR count). The third kappa shape index (κ3) is 7.96. The monoisotopic (exact) mass is 537 g/mol. The van der Waals surface area contributed by atoms with Crippen LogP contribution in [0.1, 0.15) is 50.4 Å². The van der Waals surface area contributed by atoms with E-state index >= 15 is 0 Å². The quantitative estimate of drug-likeness (QED) is 0.427. The molecule has 0 aromatic heterocycles. The normalized spacial score (nSPS) is 17.9. The molecule has 12 heteroatoms. The highest BCUT2D eigenvalue weighted by Gasteiger charge is 2.42. The summed E-state index contributed by atoms with van der Waals surface area (Å²) in [4.78, 5) is 41.0. The smallest absolute Gasteiger partial charge is 0.252 e. The molecule has 10 nitrogen and oxygen atoms in total. The number of sulfone groups is 1. The van der Waals surface area contributed by atoms with Crippen molar-refractivity contribution in [2.24, 2.45) is 5.41 Å². The molecule has 3 amide bonds. The molecule has 1 aliphatic heterocycles. The van der Waals surface area contributed by atoms with Crippen LogP contribution in [0.3, 0.4) is 0 Å². The minimum Gasteiger partial charge on any atom is -0.398 e. The first kappa shape index (κ1) is 29.1. The van der Waals surface area contributed by atoms with Crippen molar-refractivity contribution >= 4 is 44.8 Å². The van der Waals surface area contributed by atoms with Gasteiger partial charge >= 0.3 is 0 Å². The standard InChI is InChI=1S/C24H32ClN5O5S/c1-24(2,3)20(29-21(31)15-7-8-18(27)17(25)14-15)23(33)30-12-5-6-19(30)22(32)28-16(9-11-26)10-13-36(4,34)35/h7-8,10,13-14,16,19-20H,5-6,9,12,27H2,1-4H3,(H,28,32)(H,29,31)/t16-,19+,20-/m0/s1. The number of nitrogens with one attached hydrogen (secondary N) is 2. The summed E-state index contributed by atoms with van der Waals surface area (Å²) in [7, 11) is -3.44. The second-order valence-electron chi connectivity index (χ2n) is 9.83. The van der Waals surface area contributed by atoms with E-state index in [0.717, 1.165) is 11.7 Å². The zero-order chi connectivity index (χ0) is 27.3. The lowest BCUT2D eigenvalue weighted by Gasteiger charge is -2.35. The number of halogens is 1. The van der Waals surface area contributed by atoms with E-state index in [9.17, 15) is 22.8 Å². The Morgan fingerprint density at radius 2 is 1.97 bits per heavy atom. The summed E-state index contributed by atoms with van der Waals surface area (Å²) < 4.78 is 22.9. The van der Waals surface area contributed by atoms with E-state index in [1.165, 1.54) is 29.2 Å². The van der Waals surface area contributed by atoms with E-state index in [4.69, 9.17) is 22.6 Å². The highest BCUT2D eigenvalue weighted by Crippen LogP contribution is 2.27. The number of anilines is 1. The molecule has 1 aromatic carbocycles. The third-order valence-corrected chi connectivity index (χ3v) is 6.67. The number of carbonyl (C=O) groups is 3. The van der Waals surface area contributed by atoms with Crippen molar-refractivity contribution in [3.8, 4) is 6.07 Å². The van der Waals surface area contributed by atoms with Crippen LogP contribution in [0.5, 0.6) is 0 Å². The predicted molar refractivity (Wildman–Crippen MR) is 137 cm³/mol. The van der Waals surface area contributed by atoms with Crippen molar-refractivity contribution < 1.29 is 22.8 Å². The van der Waals surface area contributed by atoms with Crippen molar-refractivity contribution in [1.82, 2.24) is 15.5 Å². The van der Waals surface area contributed by atoms with Crippen LogP contribution in [0.4, 0.5) is 5.69 Å². The van der Waals surface area contributed by atoms with Gasteiger partial charge in [0.2, 0.25) is 11.8 Å². The molecule has 1 saturated heterocycles. The van der Waals surface area contributed by atoms with E-state index in [-0.39, 0.29) is 17.0 Å². The van der Waals surface area contributed by atoms with Gasteiger partial charge in [-0.1, -0.05) is 32.4 Å². The van der Waals surface area contributed by atoms with E-state index in [0.29, 0.717) is 25.1 Å². The van der Waals surface area contributed by atoms with Gasteiger partial charge in [0.15, 0.2) is 9.84 Å². The van der Waals surface area contributed by atoms with Gasteiger partial charge in [0.25, 0.3) is 5.91 Å². The number of hydrogen-bond donors (Lipinski definition) is 3. The fourth-order valence-corrected chi connectivity index (χ4v) is 4.44. The maximum Gasteiger partial charge on any atom is 0.252 e. The third-order valence-electron chi connectivity index (χ3n) is 5.69. The predicted octanol–water partition coefficient (Wildman–Crippen LogP) is 2.01. The summed E-state index contributed by atoms with van der Waals surface area (Å²) in [6.07, 6.45) is 3.08. The number of nitrogens with two attached hydrogens (primary N) is 1. The van der Waals surface area contributed by atoms with Gasteiger partial charge in [-0.05, 0) is 42.5 Å². The number of amides is 3. The highest BCUT2D eigenvalue weighted by molar-refractivity contribution is 7.93. The molecule has 3 atom stereocenters. The lowest BCUT2D eigenvalue weighted by molar-refractivity contribution is -0.142. The van der Waals surface area contributed by atoms with E-state index in [1.807, 2.05) is 6.07 Å². The molecule has 36 heavy (non-hydrogen) atoms. The molecule has 1 fully saturated rings. The molecule has 0 aliphatic carbocycles. The van der Waals surface area contributed by atoms with Gasteiger partial charge in [-0.15, -0.1) is 0 Å². The number of rotatable bonds is 8. The summed E-state index contributed by atoms with van der Waals surface area (Å²) in [5.74, 6) is -1.42. The molecule has 4 N–H and O–H groups in total. The van der Waals surface area contributed by atoms with Crippen molar-refractivity contribution in [3.05, 3.63) is 40.3 Å². The summed E-state index contributed by atoms with van der Waals surface area (Å²) in [6, 6.07) is 3.74. The first-order chi connectivity index (χ1) is 16.6. The van der Waals surface area contributed by atoms with Gasteiger partial charge in [0, 0.05) is 23.8 Å². The summed E-state index contributed by atoms with van der Waals surface area (Å²) in [5.41, 5.74) is 5.59. The molecular weight excluding hydrogens is 506 g/mol. The Bertz CT molecular complexity index is 1190. The molecule has 0 radical (unpaired) electrons. The van der Waals surface area contributed by atoms with Gasteiger partial charge in [-0.2, -0.15) is 5.26 Å². The van der Waals surface area contributed by atoms with E-state index in [2.05, 4.69) is 10.6 Å². The summed E-state index contributed by atoms with van der Waals surface area (Å²) >= 11 is 6.03. The maximum atomic E-state index is 13.6. The Balaban J connectivity index is 2.23. The first-order valence-corrected chi connectivity index (χ1v) is 13.7. The van der Waals surface area contributed by atoms with Crippen LogP contribution >= 0.6 is 11.6 Å². The average Bonchev–Trinajstić information content (AvgIpc) is 3.26. The van der Waals surface area contributed by atoms with Crippen LogP contribution in [-0.2, 0) is 19.4 Å². The number of nitriles is 1. The lowest BCUT2D eigenvalue weighted by atomic mass is 9.85. The Hall–Kier alpha value is -3.10. The Morgan fingerprint density at radius 1 is 1.31 bits per heavy atom. The molecular formula is C24H32ClN5O5S. The second-order valence-corrected chi connectivity index (χ2v) is 12.2. The van der Waals surface area contributed by atoms with Gasteiger partial charge in [0.05, 0.1) is 29.2 Å². The van der Waals surface area contributed by atoms with Crippen molar-refractivity contribution in [2.75, 3.05) is 18.5 Å². The van der Waals surface area contributed by atoms with Gasteiger partial charge in [0.1, 0.15) is 12.1 Å². The maximum absolute atomic E-state index is 13.6. The van der Waals surface area contributed by atoms with Crippen LogP contribution < -0.4 is 16.4 Å². The zero-order valence-electron chi connectivity index (χ0n) is 20.7. The molecule has 0 saturated carbocycles. The molecule has 0 bridgehead atoms. The minimum absolute atomic E-state index is 0.136. The summed E-state index contributed by atoms with van der Waals surface area (Å²) in [5, 5.41) is 15.6. The minimum atomic E-state index is -3.44. The van der Waals surface area contributed by atoms with Crippen LogP contribution in [0.15, 0.2) is 29.7 Å². The zero-order valence-corrected chi connectivity index (χ0v) is 22.3. The number of carbonyl (C=O) groups excluding carboxylic acids is 3. The topological polar surface area (TPSA) is 162 Å². The Morgan fingerprint density at radius 3 is 2.53 bits per heavy atom. The molecule has 1 heterocycles. The summed E-state index contributed by atoms with van der Waals surface area (Å²) in [6.45, 7) is 5.72. The van der Waals surface area contributed by atoms with Crippen LogP contribution in [0, 0.1) is 16.7 Å².